The Bertz CT molecular complexity index is 667. The number of methoxy groups -OCH3 is 1. The Morgan fingerprint density at radius 1 is 1.15 bits per heavy atom. The van der Waals surface area contributed by atoms with Gasteiger partial charge in [-0.15, -0.1) is 0 Å². The number of rotatable bonds is 3. The highest BCUT2D eigenvalue weighted by molar-refractivity contribution is 5.94. The molecule has 0 amide bonds. The molecule has 0 radical (unpaired) electrons. The number of benzene rings is 2. The summed E-state index contributed by atoms with van der Waals surface area (Å²) in [5.41, 5.74) is 3.30. The maximum Gasteiger partial charge on any atom is 0.339 e. The van der Waals surface area contributed by atoms with E-state index >= 15 is 0 Å². The Morgan fingerprint density at radius 2 is 1.95 bits per heavy atom. The van der Waals surface area contributed by atoms with Crippen molar-refractivity contribution in [1.82, 2.24) is 0 Å². The average molecular weight is 269 g/mol. The first-order valence-corrected chi connectivity index (χ1v) is 6.40. The average Bonchev–Trinajstić information content (AvgIpc) is 2.84. The predicted octanol–water partition coefficient (Wildman–Crippen LogP) is 3.00. The normalized spacial score (nSPS) is 16.5. The number of nitrogens with one attached hydrogen (secondary N) is 1. The van der Waals surface area contributed by atoms with E-state index in [9.17, 15) is 4.79 Å². The quantitative estimate of drug-likeness (QED) is 0.870. The van der Waals surface area contributed by atoms with E-state index in [4.69, 9.17) is 9.47 Å². The van der Waals surface area contributed by atoms with Gasteiger partial charge in [-0.05, 0) is 18.2 Å². The number of fused-ring (bicyclic) bond motifs is 1. The molecule has 1 unspecified atom stereocenters. The van der Waals surface area contributed by atoms with Crippen molar-refractivity contribution in [2.75, 3.05) is 19.5 Å². The van der Waals surface area contributed by atoms with Crippen LogP contribution in [-0.4, -0.2) is 20.1 Å². The van der Waals surface area contributed by atoms with E-state index < -0.39 is 6.10 Å². The number of cyclic esters (lactones) is 1. The topological polar surface area (TPSA) is 47.6 Å². The van der Waals surface area contributed by atoms with Crippen molar-refractivity contribution in [2.45, 2.75) is 6.10 Å². The molecule has 1 aliphatic heterocycles. The molecule has 1 heterocycles. The van der Waals surface area contributed by atoms with E-state index in [1.165, 1.54) is 0 Å². The van der Waals surface area contributed by atoms with Crippen LogP contribution in [-0.2, 0) is 4.74 Å². The third kappa shape index (κ3) is 1.90. The van der Waals surface area contributed by atoms with Crippen LogP contribution in [0.5, 0.6) is 5.75 Å². The van der Waals surface area contributed by atoms with Gasteiger partial charge in [0.1, 0.15) is 5.75 Å². The molecule has 0 saturated heterocycles. The minimum atomic E-state index is -0.403. The van der Waals surface area contributed by atoms with Gasteiger partial charge in [0, 0.05) is 29.9 Å². The first-order chi connectivity index (χ1) is 9.74. The van der Waals surface area contributed by atoms with Gasteiger partial charge in [-0.3, -0.25) is 0 Å². The Morgan fingerprint density at radius 3 is 2.70 bits per heavy atom. The van der Waals surface area contributed by atoms with Crippen molar-refractivity contribution < 1.29 is 14.3 Å². The number of carbonyl (C=O) groups excluding carboxylic acids is 1. The molecule has 20 heavy (non-hydrogen) atoms. The van der Waals surface area contributed by atoms with Gasteiger partial charge in [-0.25, -0.2) is 4.79 Å². The predicted molar refractivity (Wildman–Crippen MR) is 76.2 cm³/mol. The lowest BCUT2D eigenvalue weighted by Crippen LogP contribution is -2.04. The van der Waals surface area contributed by atoms with Crippen molar-refractivity contribution in [3.05, 3.63) is 59.2 Å². The van der Waals surface area contributed by atoms with Crippen LogP contribution in [0.4, 0.5) is 5.69 Å². The van der Waals surface area contributed by atoms with Gasteiger partial charge in [-0.2, -0.15) is 0 Å². The maximum absolute atomic E-state index is 11.9. The zero-order valence-corrected chi connectivity index (χ0v) is 11.3. The second-order valence-corrected chi connectivity index (χ2v) is 4.58. The van der Waals surface area contributed by atoms with Crippen molar-refractivity contribution in [2.24, 2.45) is 0 Å². The van der Waals surface area contributed by atoms with Crippen LogP contribution in [0.2, 0.25) is 0 Å². The van der Waals surface area contributed by atoms with Crippen molar-refractivity contribution in [3.63, 3.8) is 0 Å². The largest absolute Gasteiger partial charge is 0.496 e. The van der Waals surface area contributed by atoms with Gasteiger partial charge in [0.25, 0.3) is 0 Å². The summed E-state index contributed by atoms with van der Waals surface area (Å²) in [4.78, 5) is 11.9. The second-order valence-electron chi connectivity index (χ2n) is 4.58. The molecular weight excluding hydrogens is 254 g/mol. The van der Waals surface area contributed by atoms with E-state index in [0.29, 0.717) is 11.3 Å². The van der Waals surface area contributed by atoms with E-state index in [1.54, 1.807) is 13.2 Å². The Balaban J connectivity index is 2.09. The van der Waals surface area contributed by atoms with Gasteiger partial charge in [0.15, 0.2) is 6.10 Å². The molecule has 0 fully saturated rings. The number of hydrogen-bond acceptors (Lipinski definition) is 4. The molecule has 0 aliphatic carbocycles. The van der Waals surface area contributed by atoms with Crippen LogP contribution in [0.1, 0.15) is 27.6 Å². The zero-order chi connectivity index (χ0) is 14.1. The monoisotopic (exact) mass is 269 g/mol. The van der Waals surface area contributed by atoms with E-state index in [0.717, 1.165) is 16.8 Å². The molecule has 0 spiro atoms. The summed E-state index contributed by atoms with van der Waals surface area (Å²) < 4.78 is 10.9. The maximum atomic E-state index is 11.9. The number of hydrogen-bond donors (Lipinski definition) is 1. The number of anilines is 1. The molecule has 4 heteroatoms. The molecule has 0 saturated carbocycles. The van der Waals surface area contributed by atoms with Crippen molar-refractivity contribution >= 4 is 11.7 Å². The van der Waals surface area contributed by atoms with Crippen LogP contribution in [0.15, 0.2) is 42.5 Å². The van der Waals surface area contributed by atoms with Crippen molar-refractivity contribution in [3.8, 4) is 5.75 Å². The Hall–Kier alpha value is -2.49. The summed E-state index contributed by atoms with van der Waals surface area (Å²) in [6.45, 7) is 0. The van der Waals surface area contributed by atoms with Gasteiger partial charge < -0.3 is 14.8 Å². The fraction of sp³-hybridized carbons (Fsp3) is 0.188. The molecule has 3 rings (SSSR count). The number of esters is 1. The van der Waals surface area contributed by atoms with E-state index in [2.05, 4.69) is 5.32 Å². The third-order valence-corrected chi connectivity index (χ3v) is 3.49. The fourth-order valence-electron chi connectivity index (χ4n) is 2.46. The first-order valence-electron chi connectivity index (χ1n) is 6.40. The van der Waals surface area contributed by atoms with Crippen LogP contribution in [0.25, 0.3) is 0 Å². The summed E-state index contributed by atoms with van der Waals surface area (Å²) in [5, 5.41) is 3.06. The Labute approximate surface area is 117 Å². The van der Waals surface area contributed by atoms with Crippen LogP contribution in [0, 0.1) is 0 Å². The summed E-state index contributed by atoms with van der Waals surface area (Å²) in [6.07, 6.45) is -0.403. The lowest BCUT2D eigenvalue weighted by atomic mass is 9.98. The molecule has 2 aromatic rings. The Kier molecular flexibility index (Phi) is 3.06. The fourth-order valence-corrected chi connectivity index (χ4v) is 2.46. The molecule has 0 bridgehead atoms. The van der Waals surface area contributed by atoms with Gasteiger partial charge in [0.05, 0.1) is 12.7 Å². The SMILES string of the molecule is CNc1ccc(C2OC(=O)c3ccccc32)c(OC)c1. The first kappa shape index (κ1) is 12.5. The van der Waals surface area contributed by atoms with Crippen LogP contribution in [0.3, 0.4) is 0 Å². The minimum Gasteiger partial charge on any atom is -0.496 e. The molecule has 102 valence electrons. The van der Waals surface area contributed by atoms with Crippen LogP contribution >= 0.6 is 0 Å². The van der Waals surface area contributed by atoms with Gasteiger partial charge >= 0.3 is 5.97 Å². The van der Waals surface area contributed by atoms with Gasteiger partial charge in [0.2, 0.25) is 0 Å². The molecular formula is C16H15NO3. The molecule has 1 atom stereocenters. The zero-order valence-electron chi connectivity index (χ0n) is 11.3. The number of carbonyl (C=O) groups is 1. The highest BCUT2D eigenvalue weighted by atomic mass is 16.6. The summed E-state index contributed by atoms with van der Waals surface area (Å²) in [6, 6.07) is 13.2. The molecule has 2 aromatic carbocycles. The van der Waals surface area contributed by atoms with Gasteiger partial charge in [-0.1, -0.05) is 18.2 Å². The summed E-state index contributed by atoms with van der Waals surface area (Å²) >= 11 is 0. The lowest BCUT2D eigenvalue weighted by Gasteiger charge is -2.16. The highest BCUT2D eigenvalue weighted by Gasteiger charge is 2.33. The smallest absolute Gasteiger partial charge is 0.339 e. The summed E-state index contributed by atoms with van der Waals surface area (Å²) in [7, 11) is 3.46. The standard InChI is InChI=1S/C16H15NO3/c1-17-10-7-8-13(14(9-10)19-2)15-11-5-3-4-6-12(11)16(18)20-15/h3-9,15,17H,1-2H3. The number of ether oxygens (including phenoxy) is 2. The third-order valence-electron chi connectivity index (χ3n) is 3.49. The summed E-state index contributed by atoms with van der Waals surface area (Å²) in [5.74, 6) is 0.414. The molecule has 1 N–H and O–H groups in total. The second kappa shape index (κ2) is 4.89. The molecule has 0 aromatic heterocycles. The lowest BCUT2D eigenvalue weighted by molar-refractivity contribution is 0.0452. The molecule has 1 aliphatic rings. The molecule has 4 nitrogen and oxygen atoms in total. The van der Waals surface area contributed by atoms with Crippen LogP contribution < -0.4 is 10.1 Å². The van der Waals surface area contributed by atoms with E-state index in [-0.39, 0.29) is 5.97 Å². The minimum absolute atomic E-state index is 0.287. The van der Waals surface area contributed by atoms with Crippen molar-refractivity contribution in [1.29, 1.82) is 0 Å². The van der Waals surface area contributed by atoms with E-state index in [1.807, 2.05) is 43.4 Å². The highest BCUT2D eigenvalue weighted by Crippen LogP contribution is 2.40.